The second-order valence-corrected chi connectivity index (χ2v) is 7.42. The lowest BCUT2D eigenvalue weighted by molar-refractivity contribution is -0.120. The van der Waals surface area contributed by atoms with Crippen LogP contribution in [0.2, 0.25) is 0 Å². The Kier molecular flexibility index (Phi) is 7.77. The first-order valence-electron chi connectivity index (χ1n) is 10.6. The van der Waals surface area contributed by atoms with E-state index in [9.17, 15) is 4.79 Å². The fourth-order valence-corrected chi connectivity index (χ4v) is 3.66. The summed E-state index contributed by atoms with van der Waals surface area (Å²) in [6.45, 7) is 5.69. The first kappa shape index (κ1) is 20.2. The van der Waals surface area contributed by atoms with E-state index in [1.807, 2.05) is 31.2 Å². The quantitative estimate of drug-likeness (QED) is 0.657. The molecule has 1 N–H and O–H groups in total. The van der Waals surface area contributed by atoms with E-state index in [2.05, 4.69) is 34.5 Å². The van der Waals surface area contributed by atoms with Crippen LogP contribution in [0.4, 0.5) is 5.69 Å². The van der Waals surface area contributed by atoms with Crippen LogP contribution in [-0.2, 0) is 17.6 Å². The highest BCUT2D eigenvalue weighted by Crippen LogP contribution is 2.20. The van der Waals surface area contributed by atoms with Gasteiger partial charge in [-0.3, -0.25) is 4.79 Å². The van der Waals surface area contributed by atoms with E-state index in [0.29, 0.717) is 19.6 Å². The number of nitrogens with zero attached hydrogens (tertiary/aromatic N) is 1. The van der Waals surface area contributed by atoms with Gasteiger partial charge in [0, 0.05) is 25.3 Å². The van der Waals surface area contributed by atoms with Crippen LogP contribution in [-0.4, -0.2) is 32.1 Å². The zero-order valence-corrected chi connectivity index (χ0v) is 17.0. The average molecular weight is 381 g/mol. The molecule has 150 valence electrons. The molecule has 0 radical (unpaired) electrons. The van der Waals surface area contributed by atoms with E-state index in [1.54, 1.807) is 0 Å². The van der Waals surface area contributed by atoms with Gasteiger partial charge < -0.3 is 15.0 Å². The maximum Gasteiger partial charge on any atom is 0.224 e. The van der Waals surface area contributed by atoms with E-state index in [0.717, 1.165) is 24.2 Å². The van der Waals surface area contributed by atoms with E-state index in [4.69, 9.17) is 4.74 Å². The van der Waals surface area contributed by atoms with Crippen molar-refractivity contribution in [1.29, 1.82) is 0 Å². The number of piperidine rings is 1. The van der Waals surface area contributed by atoms with Crippen LogP contribution in [0, 0.1) is 0 Å². The number of aryl methyl sites for hydroxylation is 1. The van der Waals surface area contributed by atoms with Crippen LogP contribution in [0.15, 0.2) is 48.5 Å². The average Bonchev–Trinajstić information content (AvgIpc) is 2.74. The van der Waals surface area contributed by atoms with Gasteiger partial charge in [-0.15, -0.1) is 0 Å². The molecule has 0 aliphatic carbocycles. The van der Waals surface area contributed by atoms with Crippen molar-refractivity contribution in [2.75, 3.05) is 31.1 Å². The molecule has 0 saturated carbocycles. The van der Waals surface area contributed by atoms with Crippen molar-refractivity contribution in [3.8, 4) is 5.75 Å². The number of rotatable bonds is 9. The number of benzene rings is 2. The first-order valence-corrected chi connectivity index (χ1v) is 10.6. The molecule has 1 amide bonds. The molecular formula is C24H32N2O2. The van der Waals surface area contributed by atoms with E-state index in [-0.39, 0.29) is 5.91 Å². The van der Waals surface area contributed by atoms with Crippen LogP contribution < -0.4 is 15.0 Å². The van der Waals surface area contributed by atoms with Gasteiger partial charge in [0.05, 0.1) is 13.0 Å². The van der Waals surface area contributed by atoms with E-state index >= 15 is 0 Å². The summed E-state index contributed by atoms with van der Waals surface area (Å²) in [6.07, 6.45) is 6.33. The molecule has 1 fully saturated rings. The molecule has 28 heavy (non-hydrogen) atoms. The molecule has 0 bridgehead atoms. The molecule has 3 rings (SSSR count). The SMILES string of the molecule is CCOc1ccc(CC(=O)NCCCc2ccc(N3CCCCC3)cc2)cc1. The highest BCUT2D eigenvalue weighted by atomic mass is 16.5. The number of nitrogens with one attached hydrogen (secondary N) is 1. The van der Waals surface area contributed by atoms with Crippen LogP contribution in [0.1, 0.15) is 43.7 Å². The number of carbonyl (C=O) groups is 1. The molecule has 2 aromatic rings. The molecule has 0 unspecified atom stereocenters. The third kappa shape index (κ3) is 6.29. The molecule has 2 aromatic carbocycles. The number of carbonyl (C=O) groups excluding carboxylic acids is 1. The lowest BCUT2D eigenvalue weighted by atomic mass is 10.1. The Balaban J connectivity index is 1.35. The van der Waals surface area contributed by atoms with Crippen molar-refractivity contribution in [3.63, 3.8) is 0 Å². The number of anilines is 1. The molecule has 4 nitrogen and oxygen atoms in total. The molecule has 0 atom stereocenters. The second kappa shape index (κ2) is 10.7. The summed E-state index contributed by atoms with van der Waals surface area (Å²) in [5, 5.41) is 3.03. The topological polar surface area (TPSA) is 41.6 Å². The summed E-state index contributed by atoms with van der Waals surface area (Å²) in [6, 6.07) is 16.7. The largest absolute Gasteiger partial charge is 0.494 e. The van der Waals surface area contributed by atoms with Gasteiger partial charge in [0.15, 0.2) is 0 Å². The number of amides is 1. The summed E-state index contributed by atoms with van der Waals surface area (Å²) in [5.41, 5.74) is 3.68. The Hall–Kier alpha value is -2.49. The Morgan fingerprint density at radius 1 is 0.964 bits per heavy atom. The van der Waals surface area contributed by atoms with Gasteiger partial charge in [0.25, 0.3) is 0 Å². The molecular weight excluding hydrogens is 348 g/mol. The monoisotopic (exact) mass is 380 g/mol. The van der Waals surface area contributed by atoms with Gasteiger partial charge >= 0.3 is 0 Å². The lowest BCUT2D eigenvalue weighted by Crippen LogP contribution is -2.29. The standard InChI is InChI=1S/C24H32N2O2/c1-2-28-23-14-10-21(11-15-23)19-24(27)25-16-6-7-20-8-12-22(13-9-20)26-17-4-3-5-18-26/h8-15H,2-7,16-19H2,1H3,(H,25,27). The summed E-state index contributed by atoms with van der Waals surface area (Å²) in [4.78, 5) is 14.6. The van der Waals surface area contributed by atoms with Gasteiger partial charge in [0.2, 0.25) is 5.91 Å². The Morgan fingerprint density at radius 2 is 1.64 bits per heavy atom. The highest BCUT2D eigenvalue weighted by molar-refractivity contribution is 5.78. The van der Waals surface area contributed by atoms with Crippen LogP contribution >= 0.6 is 0 Å². The zero-order chi connectivity index (χ0) is 19.6. The summed E-state index contributed by atoms with van der Waals surface area (Å²) in [5.74, 6) is 0.919. The fourth-order valence-electron chi connectivity index (χ4n) is 3.66. The fraction of sp³-hybridized carbons (Fsp3) is 0.458. The smallest absolute Gasteiger partial charge is 0.224 e. The van der Waals surface area contributed by atoms with Crippen molar-refractivity contribution < 1.29 is 9.53 Å². The third-order valence-corrected chi connectivity index (χ3v) is 5.22. The van der Waals surface area contributed by atoms with Crippen molar-refractivity contribution in [2.45, 2.75) is 45.4 Å². The summed E-state index contributed by atoms with van der Waals surface area (Å²) in [7, 11) is 0. The van der Waals surface area contributed by atoms with E-state index in [1.165, 1.54) is 43.6 Å². The summed E-state index contributed by atoms with van der Waals surface area (Å²) < 4.78 is 5.43. The van der Waals surface area contributed by atoms with Crippen molar-refractivity contribution in [3.05, 3.63) is 59.7 Å². The number of ether oxygens (including phenoxy) is 1. The van der Waals surface area contributed by atoms with Crippen molar-refractivity contribution in [1.82, 2.24) is 5.32 Å². The van der Waals surface area contributed by atoms with Crippen molar-refractivity contribution in [2.24, 2.45) is 0 Å². The molecule has 0 aromatic heterocycles. The normalized spacial score (nSPS) is 14.0. The molecule has 1 aliphatic rings. The second-order valence-electron chi connectivity index (χ2n) is 7.42. The van der Waals surface area contributed by atoms with Crippen LogP contribution in [0.25, 0.3) is 0 Å². The highest BCUT2D eigenvalue weighted by Gasteiger charge is 2.10. The molecule has 1 heterocycles. The van der Waals surface area contributed by atoms with Gasteiger partial charge in [0.1, 0.15) is 5.75 Å². The Morgan fingerprint density at radius 3 is 2.32 bits per heavy atom. The summed E-state index contributed by atoms with van der Waals surface area (Å²) >= 11 is 0. The molecule has 1 aliphatic heterocycles. The predicted octanol–water partition coefficient (Wildman–Crippen LogP) is 4.37. The van der Waals surface area contributed by atoms with Gasteiger partial charge in [-0.25, -0.2) is 0 Å². The first-order chi connectivity index (χ1) is 13.7. The maximum atomic E-state index is 12.1. The minimum Gasteiger partial charge on any atom is -0.494 e. The molecule has 1 saturated heterocycles. The maximum absolute atomic E-state index is 12.1. The molecule has 4 heteroatoms. The lowest BCUT2D eigenvalue weighted by Gasteiger charge is -2.28. The number of hydrogen-bond donors (Lipinski definition) is 1. The van der Waals surface area contributed by atoms with Crippen LogP contribution in [0.3, 0.4) is 0 Å². The van der Waals surface area contributed by atoms with Crippen LogP contribution in [0.5, 0.6) is 5.75 Å². The Bertz CT molecular complexity index is 719. The minimum absolute atomic E-state index is 0.0737. The zero-order valence-electron chi connectivity index (χ0n) is 17.0. The number of hydrogen-bond acceptors (Lipinski definition) is 3. The van der Waals surface area contributed by atoms with Crippen molar-refractivity contribution >= 4 is 11.6 Å². The molecule has 0 spiro atoms. The third-order valence-electron chi connectivity index (χ3n) is 5.22. The predicted molar refractivity (Wildman–Crippen MR) is 115 cm³/mol. The Labute approximate surface area is 168 Å². The minimum atomic E-state index is 0.0737. The van der Waals surface area contributed by atoms with E-state index < -0.39 is 0 Å². The van der Waals surface area contributed by atoms with Gasteiger partial charge in [-0.2, -0.15) is 0 Å². The van der Waals surface area contributed by atoms with Gasteiger partial charge in [-0.05, 0) is 74.4 Å². The van der Waals surface area contributed by atoms with Gasteiger partial charge in [-0.1, -0.05) is 24.3 Å².